The summed E-state index contributed by atoms with van der Waals surface area (Å²) in [6.45, 7) is 1.98. The molecule has 0 saturated carbocycles. The van der Waals surface area contributed by atoms with Gasteiger partial charge in [0.25, 0.3) is 5.56 Å². The standard InChI is InChI=1S/C10H10BrN3O/c1-2-7-9(11)10(15)14(13-7)8-5-3-4-6-12-8/h3-6,13H,2H2,1H3. The van der Waals surface area contributed by atoms with Gasteiger partial charge in [-0.15, -0.1) is 0 Å². The second-order valence-electron chi connectivity index (χ2n) is 3.09. The minimum absolute atomic E-state index is 0.106. The van der Waals surface area contributed by atoms with Crippen molar-refractivity contribution in [2.75, 3.05) is 0 Å². The van der Waals surface area contributed by atoms with Gasteiger partial charge < -0.3 is 0 Å². The Morgan fingerprint density at radius 2 is 2.33 bits per heavy atom. The zero-order valence-electron chi connectivity index (χ0n) is 8.20. The van der Waals surface area contributed by atoms with Gasteiger partial charge in [-0.2, -0.15) is 0 Å². The van der Waals surface area contributed by atoms with E-state index in [1.807, 2.05) is 19.1 Å². The predicted molar refractivity (Wildman–Crippen MR) is 61.3 cm³/mol. The Hall–Kier alpha value is -1.36. The van der Waals surface area contributed by atoms with Crippen LogP contribution in [0.3, 0.4) is 0 Å². The van der Waals surface area contributed by atoms with E-state index in [-0.39, 0.29) is 5.56 Å². The molecule has 78 valence electrons. The Labute approximate surface area is 95.1 Å². The Balaban J connectivity index is 2.60. The summed E-state index contributed by atoms with van der Waals surface area (Å²) in [6.07, 6.45) is 2.43. The summed E-state index contributed by atoms with van der Waals surface area (Å²) in [6, 6.07) is 5.44. The van der Waals surface area contributed by atoms with Crippen LogP contribution in [0.1, 0.15) is 12.6 Å². The third-order valence-electron chi connectivity index (χ3n) is 2.13. The van der Waals surface area contributed by atoms with Gasteiger partial charge in [-0.3, -0.25) is 9.89 Å². The number of aryl methyl sites for hydroxylation is 1. The van der Waals surface area contributed by atoms with Crippen molar-refractivity contribution < 1.29 is 0 Å². The molecule has 0 atom stereocenters. The van der Waals surface area contributed by atoms with E-state index >= 15 is 0 Å². The number of rotatable bonds is 2. The van der Waals surface area contributed by atoms with Gasteiger partial charge in [-0.1, -0.05) is 13.0 Å². The maximum absolute atomic E-state index is 11.8. The maximum Gasteiger partial charge on any atom is 0.287 e. The molecule has 0 aromatic carbocycles. The topological polar surface area (TPSA) is 50.7 Å². The number of halogens is 1. The summed E-state index contributed by atoms with van der Waals surface area (Å²) < 4.78 is 2.01. The molecule has 0 radical (unpaired) electrons. The van der Waals surface area contributed by atoms with Crippen LogP contribution in [0.4, 0.5) is 0 Å². The lowest BCUT2D eigenvalue weighted by Crippen LogP contribution is -2.15. The molecule has 4 nitrogen and oxygen atoms in total. The van der Waals surface area contributed by atoms with Crippen molar-refractivity contribution in [3.63, 3.8) is 0 Å². The monoisotopic (exact) mass is 267 g/mol. The molecule has 0 aliphatic rings. The number of hydrogen-bond acceptors (Lipinski definition) is 2. The predicted octanol–water partition coefficient (Wildman–Crippen LogP) is 1.89. The van der Waals surface area contributed by atoms with Crippen molar-refractivity contribution in [3.8, 4) is 5.82 Å². The average Bonchev–Trinajstić information content (AvgIpc) is 2.57. The fourth-order valence-electron chi connectivity index (χ4n) is 1.34. The summed E-state index contributed by atoms with van der Waals surface area (Å²) in [7, 11) is 0. The molecule has 0 bridgehead atoms. The first-order chi connectivity index (χ1) is 7.24. The minimum Gasteiger partial charge on any atom is -0.292 e. The van der Waals surface area contributed by atoms with Gasteiger partial charge in [0.05, 0.1) is 5.69 Å². The molecule has 0 fully saturated rings. The fourth-order valence-corrected chi connectivity index (χ4v) is 1.89. The lowest BCUT2D eigenvalue weighted by Gasteiger charge is -1.98. The quantitative estimate of drug-likeness (QED) is 0.904. The van der Waals surface area contributed by atoms with E-state index in [1.54, 1.807) is 12.3 Å². The van der Waals surface area contributed by atoms with Crippen molar-refractivity contribution in [2.45, 2.75) is 13.3 Å². The van der Waals surface area contributed by atoms with Gasteiger partial charge in [0.1, 0.15) is 4.47 Å². The highest BCUT2D eigenvalue weighted by Gasteiger charge is 2.11. The van der Waals surface area contributed by atoms with Gasteiger partial charge in [0.2, 0.25) is 0 Å². The summed E-state index contributed by atoms with van der Waals surface area (Å²) in [5.74, 6) is 0.600. The zero-order chi connectivity index (χ0) is 10.8. The highest BCUT2D eigenvalue weighted by Crippen LogP contribution is 2.11. The van der Waals surface area contributed by atoms with Crippen LogP contribution in [-0.4, -0.2) is 14.8 Å². The Morgan fingerprint density at radius 3 is 2.87 bits per heavy atom. The summed E-state index contributed by atoms with van der Waals surface area (Å²) in [5.41, 5.74) is 0.774. The SMILES string of the molecule is CCc1[nH]n(-c2ccccn2)c(=O)c1Br. The van der Waals surface area contributed by atoms with Crippen molar-refractivity contribution >= 4 is 15.9 Å². The molecular formula is C10H10BrN3O. The third-order valence-corrected chi connectivity index (χ3v) is 2.95. The van der Waals surface area contributed by atoms with Crippen LogP contribution in [0.15, 0.2) is 33.7 Å². The molecule has 0 aliphatic heterocycles. The normalized spacial score (nSPS) is 10.5. The Morgan fingerprint density at radius 1 is 1.53 bits per heavy atom. The van der Waals surface area contributed by atoms with E-state index in [0.717, 1.165) is 12.1 Å². The van der Waals surface area contributed by atoms with E-state index in [1.165, 1.54) is 4.68 Å². The highest BCUT2D eigenvalue weighted by molar-refractivity contribution is 9.10. The van der Waals surface area contributed by atoms with Crippen LogP contribution in [0.25, 0.3) is 5.82 Å². The molecule has 0 unspecified atom stereocenters. The number of nitrogens with zero attached hydrogens (tertiary/aromatic N) is 2. The second-order valence-corrected chi connectivity index (χ2v) is 3.88. The second kappa shape index (κ2) is 4.02. The Bertz CT molecular complexity index is 515. The van der Waals surface area contributed by atoms with E-state index in [4.69, 9.17) is 0 Å². The molecular weight excluding hydrogens is 258 g/mol. The third kappa shape index (κ3) is 1.74. The van der Waals surface area contributed by atoms with Crippen LogP contribution >= 0.6 is 15.9 Å². The fraction of sp³-hybridized carbons (Fsp3) is 0.200. The van der Waals surface area contributed by atoms with E-state index in [0.29, 0.717) is 10.3 Å². The van der Waals surface area contributed by atoms with Gasteiger partial charge in [-0.05, 0) is 34.5 Å². The number of hydrogen-bond donors (Lipinski definition) is 1. The van der Waals surface area contributed by atoms with Crippen molar-refractivity contribution in [3.05, 3.63) is 44.9 Å². The molecule has 0 amide bonds. The highest BCUT2D eigenvalue weighted by atomic mass is 79.9. The van der Waals surface area contributed by atoms with Crippen LogP contribution in [0.2, 0.25) is 0 Å². The molecule has 2 aromatic heterocycles. The van der Waals surface area contributed by atoms with Crippen LogP contribution in [0, 0.1) is 0 Å². The number of H-pyrrole nitrogens is 1. The summed E-state index contributed by atoms with van der Waals surface area (Å²) in [5, 5.41) is 3.01. The number of aromatic amines is 1. The molecule has 0 spiro atoms. The first-order valence-electron chi connectivity index (χ1n) is 4.65. The molecule has 15 heavy (non-hydrogen) atoms. The molecule has 5 heteroatoms. The number of aromatic nitrogens is 3. The van der Waals surface area contributed by atoms with E-state index in [2.05, 4.69) is 26.0 Å². The van der Waals surface area contributed by atoms with Gasteiger partial charge >= 0.3 is 0 Å². The summed E-state index contributed by atoms with van der Waals surface area (Å²) in [4.78, 5) is 15.9. The zero-order valence-corrected chi connectivity index (χ0v) is 9.78. The lowest BCUT2D eigenvalue weighted by atomic mass is 10.3. The lowest BCUT2D eigenvalue weighted by molar-refractivity contribution is 0.794. The molecule has 0 aliphatic carbocycles. The minimum atomic E-state index is -0.106. The van der Waals surface area contributed by atoms with E-state index in [9.17, 15) is 4.79 Å². The van der Waals surface area contributed by atoms with Gasteiger partial charge in [0.15, 0.2) is 5.82 Å². The smallest absolute Gasteiger partial charge is 0.287 e. The first-order valence-corrected chi connectivity index (χ1v) is 5.44. The number of nitrogens with one attached hydrogen (secondary N) is 1. The molecule has 2 rings (SSSR count). The largest absolute Gasteiger partial charge is 0.292 e. The molecule has 2 aromatic rings. The average molecular weight is 268 g/mol. The molecule has 2 heterocycles. The number of pyridine rings is 1. The van der Waals surface area contributed by atoms with Crippen LogP contribution in [0.5, 0.6) is 0 Å². The van der Waals surface area contributed by atoms with Crippen LogP contribution < -0.4 is 5.56 Å². The Kier molecular flexibility index (Phi) is 2.73. The van der Waals surface area contributed by atoms with Gasteiger partial charge in [-0.25, -0.2) is 9.67 Å². The summed E-state index contributed by atoms with van der Waals surface area (Å²) >= 11 is 3.27. The van der Waals surface area contributed by atoms with Crippen LogP contribution in [-0.2, 0) is 6.42 Å². The first kappa shape index (κ1) is 10.2. The maximum atomic E-state index is 11.8. The molecule has 1 N–H and O–H groups in total. The van der Waals surface area contributed by atoms with Crippen molar-refractivity contribution in [2.24, 2.45) is 0 Å². The van der Waals surface area contributed by atoms with Crippen molar-refractivity contribution in [1.82, 2.24) is 14.8 Å². The van der Waals surface area contributed by atoms with Gasteiger partial charge in [0, 0.05) is 6.20 Å². The molecule has 0 saturated heterocycles. The van der Waals surface area contributed by atoms with E-state index < -0.39 is 0 Å². The van der Waals surface area contributed by atoms with Crippen molar-refractivity contribution in [1.29, 1.82) is 0 Å².